The largest absolute Gasteiger partial charge is 0.330 e. The van der Waals surface area contributed by atoms with Gasteiger partial charge in [-0.05, 0) is 41.9 Å². The molecule has 1 saturated heterocycles. The van der Waals surface area contributed by atoms with Crippen LogP contribution in [-0.4, -0.2) is 28.7 Å². The zero-order valence-corrected chi connectivity index (χ0v) is 12.2. The zero-order valence-electron chi connectivity index (χ0n) is 9.83. The molecule has 17 heavy (non-hydrogen) atoms. The van der Waals surface area contributed by atoms with Crippen LogP contribution in [0.25, 0.3) is 0 Å². The first kappa shape index (κ1) is 12.8. The Labute approximate surface area is 113 Å². The van der Waals surface area contributed by atoms with Gasteiger partial charge in [-0.25, -0.2) is 0 Å². The smallest absolute Gasteiger partial charge is 0.228 e. The van der Waals surface area contributed by atoms with E-state index in [4.69, 9.17) is 0 Å². The lowest BCUT2D eigenvalue weighted by Crippen LogP contribution is -2.46. The van der Waals surface area contributed by atoms with Gasteiger partial charge in [-0.3, -0.25) is 9.59 Å². The third-order valence-electron chi connectivity index (χ3n) is 3.18. The van der Waals surface area contributed by atoms with Crippen molar-refractivity contribution in [1.82, 2.24) is 4.90 Å². The summed E-state index contributed by atoms with van der Waals surface area (Å²) in [7, 11) is 0. The SMILES string of the molecule is CC1(C)C(=O)CCN1C(=O)Cc1ccc(Br)s1. The van der Waals surface area contributed by atoms with Gasteiger partial charge in [0.25, 0.3) is 0 Å². The van der Waals surface area contributed by atoms with Crippen LogP contribution in [0.2, 0.25) is 0 Å². The van der Waals surface area contributed by atoms with E-state index in [0.717, 1.165) is 8.66 Å². The van der Waals surface area contributed by atoms with E-state index in [0.29, 0.717) is 19.4 Å². The van der Waals surface area contributed by atoms with Gasteiger partial charge >= 0.3 is 0 Å². The number of hydrogen-bond acceptors (Lipinski definition) is 3. The fourth-order valence-corrected chi connectivity index (χ4v) is 3.55. The van der Waals surface area contributed by atoms with Gasteiger partial charge in [0.05, 0.1) is 15.7 Å². The van der Waals surface area contributed by atoms with Crippen LogP contribution in [0.3, 0.4) is 0 Å². The molecule has 1 aromatic heterocycles. The number of carbonyl (C=O) groups excluding carboxylic acids is 2. The highest BCUT2D eigenvalue weighted by Gasteiger charge is 2.42. The summed E-state index contributed by atoms with van der Waals surface area (Å²) in [4.78, 5) is 26.5. The molecule has 1 aliphatic rings. The van der Waals surface area contributed by atoms with Crippen LogP contribution < -0.4 is 0 Å². The van der Waals surface area contributed by atoms with Crippen molar-refractivity contribution in [3.8, 4) is 0 Å². The molecule has 2 rings (SSSR count). The highest BCUT2D eigenvalue weighted by molar-refractivity contribution is 9.11. The quantitative estimate of drug-likeness (QED) is 0.841. The molecule has 0 spiro atoms. The molecule has 0 saturated carbocycles. The molecule has 1 amide bonds. The highest BCUT2D eigenvalue weighted by Crippen LogP contribution is 2.28. The Bertz CT molecular complexity index is 467. The Morgan fingerprint density at radius 3 is 2.71 bits per heavy atom. The normalized spacial score (nSPS) is 18.8. The Balaban J connectivity index is 2.09. The fourth-order valence-electron chi connectivity index (χ4n) is 2.08. The lowest BCUT2D eigenvalue weighted by atomic mass is 10.0. The van der Waals surface area contributed by atoms with E-state index in [2.05, 4.69) is 15.9 Å². The third-order valence-corrected chi connectivity index (χ3v) is 4.80. The molecule has 2 heterocycles. The van der Waals surface area contributed by atoms with Crippen LogP contribution in [-0.2, 0) is 16.0 Å². The number of Topliss-reactive ketones (excluding diaryl/α,β-unsaturated/α-hetero) is 1. The van der Waals surface area contributed by atoms with Crippen LogP contribution >= 0.6 is 27.3 Å². The van der Waals surface area contributed by atoms with Crippen molar-refractivity contribution in [2.24, 2.45) is 0 Å². The number of hydrogen-bond donors (Lipinski definition) is 0. The molecule has 0 bridgehead atoms. The van der Waals surface area contributed by atoms with Gasteiger partial charge in [0, 0.05) is 17.8 Å². The lowest BCUT2D eigenvalue weighted by molar-refractivity contribution is -0.138. The maximum absolute atomic E-state index is 12.2. The monoisotopic (exact) mass is 315 g/mol. The highest BCUT2D eigenvalue weighted by atomic mass is 79.9. The first-order valence-corrected chi connectivity index (χ1v) is 7.10. The molecule has 5 heteroatoms. The van der Waals surface area contributed by atoms with Crippen molar-refractivity contribution in [3.05, 3.63) is 20.8 Å². The second-order valence-electron chi connectivity index (χ2n) is 4.66. The number of thiophene rings is 1. The Morgan fingerprint density at radius 2 is 2.24 bits per heavy atom. The van der Waals surface area contributed by atoms with Crippen LogP contribution in [0.1, 0.15) is 25.1 Å². The lowest BCUT2D eigenvalue weighted by Gasteiger charge is -2.29. The molecule has 1 aromatic rings. The van der Waals surface area contributed by atoms with Crippen LogP contribution in [0.15, 0.2) is 15.9 Å². The molecule has 3 nitrogen and oxygen atoms in total. The van der Waals surface area contributed by atoms with Gasteiger partial charge in [-0.15, -0.1) is 11.3 Å². The minimum absolute atomic E-state index is 0.0372. The predicted octanol–water partition coefficient (Wildman–Crippen LogP) is 2.63. The summed E-state index contributed by atoms with van der Waals surface area (Å²) in [5.41, 5.74) is -0.633. The molecule has 0 unspecified atom stereocenters. The Kier molecular flexibility index (Phi) is 3.41. The van der Waals surface area contributed by atoms with Crippen LogP contribution in [0, 0.1) is 0 Å². The van der Waals surface area contributed by atoms with Gasteiger partial charge < -0.3 is 4.90 Å². The second-order valence-corrected chi connectivity index (χ2v) is 7.21. The summed E-state index contributed by atoms with van der Waals surface area (Å²) in [5, 5.41) is 0. The number of rotatable bonds is 2. The number of likely N-dealkylation sites (tertiary alicyclic amines) is 1. The Morgan fingerprint density at radius 1 is 1.53 bits per heavy atom. The molecule has 92 valence electrons. The molecule has 1 fully saturated rings. The van der Waals surface area contributed by atoms with Gasteiger partial charge in [-0.2, -0.15) is 0 Å². The minimum Gasteiger partial charge on any atom is -0.330 e. The van der Waals surface area contributed by atoms with E-state index in [1.54, 1.807) is 16.2 Å². The van der Waals surface area contributed by atoms with E-state index in [-0.39, 0.29) is 11.7 Å². The average molecular weight is 316 g/mol. The van der Waals surface area contributed by atoms with Gasteiger partial charge in [0.2, 0.25) is 5.91 Å². The molecular formula is C12H14BrNO2S. The summed E-state index contributed by atoms with van der Waals surface area (Å²) in [5.74, 6) is 0.188. The van der Waals surface area contributed by atoms with Gasteiger partial charge in [-0.1, -0.05) is 0 Å². The Hall–Kier alpha value is -0.680. The summed E-state index contributed by atoms with van der Waals surface area (Å²) in [6.07, 6.45) is 0.861. The van der Waals surface area contributed by atoms with Gasteiger partial charge in [0.1, 0.15) is 0 Å². The van der Waals surface area contributed by atoms with Crippen LogP contribution in [0.5, 0.6) is 0 Å². The van der Waals surface area contributed by atoms with Crippen molar-refractivity contribution >= 4 is 39.0 Å². The third kappa shape index (κ3) is 2.45. The molecule has 0 aromatic carbocycles. The molecular weight excluding hydrogens is 302 g/mol. The van der Waals surface area contributed by atoms with Crippen LogP contribution in [0.4, 0.5) is 0 Å². The standard InChI is InChI=1S/C12H14BrNO2S/c1-12(2)9(15)5-6-14(12)11(16)7-8-3-4-10(13)17-8/h3-4H,5-7H2,1-2H3. The molecule has 0 radical (unpaired) electrons. The second kappa shape index (κ2) is 4.53. The maximum Gasteiger partial charge on any atom is 0.228 e. The topological polar surface area (TPSA) is 37.4 Å². The molecule has 0 N–H and O–H groups in total. The van der Waals surface area contributed by atoms with Gasteiger partial charge in [0.15, 0.2) is 5.78 Å². The number of halogens is 1. The zero-order chi connectivity index (χ0) is 12.6. The average Bonchev–Trinajstić information content (AvgIpc) is 2.73. The van der Waals surface area contributed by atoms with E-state index < -0.39 is 5.54 Å². The minimum atomic E-state index is -0.633. The van der Waals surface area contributed by atoms with E-state index in [1.165, 1.54) is 0 Å². The molecule has 0 atom stereocenters. The van der Waals surface area contributed by atoms with E-state index in [9.17, 15) is 9.59 Å². The van der Waals surface area contributed by atoms with E-state index >= 15 is 0 Å². The first-order valence-electron chi connectivity index (χ1n) is 5.49. The maximum atomic E-state index is 12.2. The predicted molar refractivity (Wildman–Crippen MR) is 71.1 cm³/mol. The van der Waals surface area contributed by atoms with Crippen molar-refractivity contribution in [2.75, 3.05) is 6.54 Å². The molecule has 0 aliphatic carbocycles. The van der Waals surface area contributed by atoms with E-state index in [1.807, 2.05) is 26.0 Å². The summed E-state index contributed by atoms with van der Waals surface area (Å²) in [6.45, 7) is 4.20. The van der Waals surface area contributed by atoms with Crippen molar-refractivity contribution in [3.63, 3.8) is 0 Å². The summed E-state index contributed by atoms with van der Waals surface area (Å²) < 4.78 is 1.03. The first-order chi connectivity index (χ1) is 7.91. The van der Waals surface area contributed by atoms with Crippen molar-refractivity contribution < 1.29 is 9.59 Å². The number of amides is 1. The summed E-state index contributed by atoms with van der Waals surface area (Å²) >= 11 is 4.94. The number of carbonyl (C=O) groups is 2. The molecule has 1 aliphatic heterocycles. The van der Waals surface area contributed by atoms with Crippen molar-refractivity contribution in [2.45, 2.75) is 32.2 Å². The summed E-state index contributed by atoms with van der Waals surface area (Å²) in [6, 6.07) is 3.88. The fraction of sp³-hybridized carbons (Fsp3) is 0.500. The number of nitrogens with zero attached hydrogens (tertiary/aromatic N) is 1. The van der Waals surface area contributed by atoms with Crippen molar-refractivity contribution in [1.29, 1.82) is 0 Å². The number of ketones is 1.